The molecule has 3 rings (SSSR count). The number of hydrogen-bond donors (Lipinski definition) is 1. The zero-order valence-corrected chi connectivity index (χ0v) is 24.6. The number of aryl methyl sites for hydroxylation is 1. The SMILES string of the molecule is Cc1ccc(S(=O)(C[C@]23CCC[C@H]2[C@@H](O)[C@H](C)O3)=N[C@@H](CO[Si](C)(C)C(C)(C)C)C(C)C)cc1. The Hall–Kier alpha value is -0.733. The molecule has 0 aromatic heterocycles. The summed E-state index contributed by atoms with van der Waals surface area (Å²) in [6.07, 6.45) is 1.98. The van der Waals surface area contributed by atoms with Gasteiger partial charge in [-0.2, -0.15) is 0 Å². The maximum absolute atomic E-state index is 14.9. The van der Waals surface area contributed by atoms with Gasteiger partial charge in [-0.05, 0) is 62.9 Å². The van der Waals surface area contributed by atoms with Crippen LogP contribution in [-0.4, -0.2) is 53.8 Å². The van der Waals surface area contributed by atoms with Gasteiger partial charge in [0.25, 0.3) is 0 Å². The summed E-state index contributed by atoms with van der Waals surface area (Å²) in [5.41, 5.74) is 0.553. The molecule has 2 aliphatic rings. The third-order valence-corrected chi connectivity index (χ3v) is 15.4. The Balaban J connectivity index is 2.02. The number of ether oxygens (including phenoxy) is 1. The van der Waals surface area contributed by atoms with Crippen LogP contribution in [0.4, 0.5) is 0 Å². The van der Waals surface area contributed by atoms with Crippen molar-refractivity contribution in [2.24, 2.45) is 16.2 Å². The van der Waals surface area contributed by atoms with Gasteiger partial charge in [-0.1, -0.05) is 58.7 Å². The maximum Gasteiger partial charge on any atom is 0.192 e. The van der Waals surface area contributed by atoms with Gasteiger partial charge >= 0.3 is 0 Å². The summed E-state index contributed by atoms with van der Waals surface area (Å²) in [6.45, 7) is 19.9. The van der Waals surface area contributed by atoms with E-state index in [2.05, 4.69) is 47.7 Å². The molecule has 1 aromatic carbocycles. The molecule has 2 fully saturated rings. The summed E-state index contributed by atoms with van der Waals surface area (Å²) in [4.78, 5) is 0.758. The Kier molecular flexibility index (Phi) is 8.16. The molecule has 1 saturated heterocycles. The van der Waals surface area contributed by atoms with Crippen LogP contribution in [0.5, 0.6) is 0 Å². The summed E-state index contributed by atoms with van der Waals surface area (Å²) in [7, 11) is -4.76. The minimum Gasteiger partial charge on any atom is -0.415 e. The number of aliphatic hydroxyl groups is 1. The average Bonchev–Trinajstić information content (AvgIpc) is 3.21. The Morgan fingerprint density at radius 1 is 1.26 bits per heavy atom. The van der Waals surface area contributed by atoms with Gasteiger partial charge in [-0.25, -0.2) is 8.57 Å². The second kappa shape index (κ2) is 9.96. The lowest BCUT2D eigenvalue weighted by molar-refractivity contribution is -0.0335. The highest BCUT2D eigenvalue weighted by Gasteiger charge is 2.57. The van der Waals surface area contributed by atoms with Crippen LogP contribution in [0.1, 0.15) is 66.4 Å². The van der Waals surface area contributed by atoms with Crippen LogP contribution in [0.2, 0.25) is 18.1 Å². The molecule has 0 spiro atoms. The zero-order valence-electron chi connectivity index (χ0n) is 22.8. The largest absolute Gasteiger partial charge is 0.415 e. The number of rotatable bonds is 8. The molecule has 0 bridgehead atoms. The lowest BCUT2D eigenvalue weighted by atomic mass is 9.90. The standard InChI is InChI=1S/C27H47NO4SSi/c1-19(2)24(17-31-34(8,9)26(5,6)7)28-33(30,22-14-12-20(3)13-15-22)18-27-16-10-11-23(27)25(29)21(4)32-27/h12-15,19,21,23-25,29H,10-11,16-18H2,1-9H3/t21-,23-,24-,25-,27+,33?/m0/s1. The van der Waals surface area contributed by atoms with Crippen LogP contribution in [0.15, 0.2) is 33.5 Å². The van der Waals surface area contributed by atoms with E-state index in [-0.39, 0.29) is 29.0 Å². The first-order chi connectivity index (χ1) is 15.6. The Labute approximate surface area is 209 Å². The second-order valence-corrected chi connectivity index (χ2v) is 19.5. The van der Waals surface area contributed by atoms with Crippen LogP contribution in [0, 0.1) is 18.8 Å². The molecule has 1 unspecified atom stereocenters. The van der Waals surface area contributed by atoms with E-state index in [1.165, 1.54) is 0 Å². The predicted octanol–water partition coefficient (Wildman–Crippen LogP) is 6.19. The van der Waals surface area contributed by atoms with E-state index in [0.717, 1.165) is 29.7 Å². The first-order valence-corrected chi connectivity index (χ1v) is 17.5. The van der Waals surface area contributed by atoms with Crippen molar-refractivity contribution < 1.29 is 18.5 Å². The topological polar surface area (TPSA) is 68.1 Å². The van der Waals surface area contributed by atoms with E-state index >= 15 is 0 Å². The van der Waals surface area contributed by atoms with Crippen molar-refractivity contribution in [3.63, 3.8) is 0 Å². The highest BCUT2D eigenvalue weighted by molar-refractivity contribution is 7.93. The summed E-state index contributed by atoms with van der Waals surface area (Å²) < 4.78 is 33.0. The smallest absolute Gasteiger partial charge is 0.192 e. The van der Waals surface area contributed by atoms with Crippen molar-refractivity contribution in [3.05, 3.63) is 29.8 Å². The van der Waals surface area contributed by atoms with Crippen LogP contribution in [0.25, 0.3) is 0 Å². The van der Waals surface area contributed by atoms with Crippen LogP contribution in [-0.2, 0) is 18.9 Å². The molecule has 1 N–H and O–H groups in total. The second-order valence-electron chi connectivity index (χ2n) is 12.5. The molecule has 1 saturated carbocycles. The lowest BCUT2D eigenvalue weighted by Crippen LogP contribution is -2.44. The van der Waals surface area contributed by atoms with Gasteiger partial charge in [0.2, 0.25) is 0 Å². The molecule has 1 heterocycles. The van der Waals surface area contributed by atoms with Gasteiger partial charge in [-0.3, -0.25) is 0 Å². The lowest BCUT2D eigenvalue weighted by Gasteiger charge is -2.37. The fourth-order valence-electron chi connectivity index (χ4n) is 5.02. The van der Waals surface area contributed by atoms with Crippen LogP contribution in [0.3, 0.4) is 0 Å². The minimum atomic E-state index is -2.80. The van der Waals surface area contributed by atoms with Crippen molar-refractivity contribution in [2.75, 3.05) is 12.4 Å². The van der Waals surface area contributed by atoms with E-state index in [1.54, 1.807) is 0 Å². The Bertz CT molecular complexity index is 962. The fourth-order valence-corrected chi connectivity index (χ4v) is 8.79. The zero-order chi connectivity index (χ0) is 25.5. The summed E-state index contributed by atoms with van der Waals surface area (Å²) in [6, 6.07) is 7.77. The van der Waals surface area contributed by atoms with E-state index in [9.17, 15) is 9.32 Å². The Morgan fingerprint density at radius 3 is 2.44 bits per heavy atom. The molecule has 1 aliphatic heterocycles. The number of nitrogens with zero attached hydrogens (tertiary/aromatic N) is 1. The Morgan fingerprint density at radius 2 is 1.88 bits per heavy atom. The molecular weight excluding hydrogens is 462 g/mol. The molecular formula is C27H47NO4SSi. The highest BCUT2D eigenvalue weighted by atomic mass is 32.2. The van der Waals surface area contributed by atoms with E-state index in [4.69, 9.17) is 13.5 Å². The molecule has 0 amide bonds. The predicted molar refractivity (Wildman–Crippen MR) is 143 cm³/mol. The number of fused-ring (bicyclic) bond motifs is 1. The van der Waals surface area contributed by atoms with Gasteiger partial charge in [0, 0.05) is 10.8 Å². The normalized spacial score (nSPS) is 30.3. The molecule has 6 atom stereocenters. The molecule has 194 valence electrons. The molecule has 0 radical (unpaired) electrons. The van der Waals surface area contributed by atoms with E-state index < -0.39 is 29.8 Å². The minimum absolute atomic E-state index is 0.0185. The highest BCUT2D eigenvalue weighted by Crippen LogP contribution is 2.49. The molecule has 1 aliphatic carbocycles. The first-order valence-electron chi connectivity index (χ1n) is 12.9. The van der Waals surface area contributed by atoms with Gasteiger partial charge in [0.1, 0.15) is 0 Å². The van der Waals surface area contributed by atoms with Gasteiger partial charge in [0.05, 0.1) is 45.9 Å². The maximum atomic E-state index is 14.9. The monoisotopic (exact) mass is 509 g/mol. The first kappa shape index (κ1) is 27.8. The third-order valence-electron chi connectivity index (χ3n) is 8.43. The average molecular weight is 510 g/mol. The molecule has 5 nitrogen and oxygen atoms in total. The van der Waals surface area contributed by atoms with Gasteiger partial charge in [-0.15, -0.1) is 0 Å². The van der Waals surface area contributed by atoms with Crippen LogP contribution >= 0.6 is 0 Å². The molecule has 1 aromatic rings. The van der Waals surface area contributed by atoms with E-state index in [1.807, 2.05) is 38.1 Å². The quantitative estimate of drug-likeness (QED) is 0.425. The number of benzene rings is 1. The number of hydrogen-bond acceptors (Lipinski definition) is 5. The third kappa shape index (κ3) is 5.64. The van der Waals surface area contributed by atoms with Gasteiger partial charge < -0.3 is 14.3 Å². The van der Waals surface area contributed by atoms with Crippen LogP contribution < -0.4 is 0 Å². The summed E-state index contributed by atoms with van der Waals surface area (Å²) >= 11 is 0. The van der Waals surface area contributed by atoms with Crippen molar-refractivity contribution in [1.29, 1.82) is 0 Å². The van der Waals surface area contributed by atoms with Crippen molar-refractivity contribution in [3.8, 4) is 0 Å². The van der Waals surface area contributed by atoms with Crippen molar-refractivity contribution in [1.82, 2.24) is 0 Å². The summed E-state index contributed by atoms with van der Waals surface area (Å²) in [5, 5.41) is 10.9. The van der Waals surface area contributed by atoms with Crippen molar-refractivity contribution >= 4 is 18.0 Å². The molecule has 34 heavy (non-hydrogen) atoms. The van der Waals surface area contributed by atoms with E-state index in [0.29, 0.717) is 12.4 Å². The van der Waals surface area contributed by atoms with Gasteiger partial charge in [0.15, 0.2) is 8.32 Å². The molecule has 7 heteroatoms. The van der Waals surface area contributed by atoms with Crippen molar-refractivity contribution in [2.45, 2.75) is 115 Å². The fraction of sp³-hybridized carbons (Fsp3) is 0.778. The summed E-state index contributed by atoms with van der Waals surface area (Å²) in [5.74, 6) is 0.546. The number of aliphatic hydroxyl groups excluding tert-OH is 1.